The van der Waals surface area contributed by atoms with Gasteiger partial charge in [0.05, 0.1) is 23.8 Å². The molecule has 4 aromatic rings. The molecule has 1 aliphatic heterocycles. The summed E-state index contributed by atoms with van der Waals surface area (Å²) in [7, 11) is 0. The van der Waals surface area contributed by atoms with Gasteiger partial charge in [-0.1, -0.05) is 12.1 Å². The van der Waals surface area contributed by atoms with E-state index in [2.05, 4.69) is 4.90 Å². The lowest BCUT2D eigenvalue weighted by atomic mass is 10.0. The smallest absolute Gasteiger partial charge is 0.477 e. The third-order valence-corrected chi connectivity index (χ3v) is 7.54. The van der Waals surface area contributed by atoms with E-state index in [-0.39, 0.29) is 41.1 Å². The molecular weight excluding hydrogens is 512 g/mol. The maximum absolute atomic E-state index is 15.6. The highest BCUT2D eigenvalue weighted by Gasteiger charge is 2.33. The van der Waals surface area contributed by atoms with E-state index in [0.29, 0.717) is 36.7 Å². The first-order valence-corrected chi connectivity index (χ1v) is 12.6. The van der Waals surface area contributed by atoms with Gasteiger partial charge in [-0.05, 0) is 49.6 Å². The molecule has 39 heavy (non-hydrogen) atoms. The number of hydrogen-bond donors (Lipinski definition) is 1. The van der Waals surface area contributed by atoms with Gasteiger partial charge in [-0.25, -0.2) is 18.4 Å². The van der Waals surface area contributed by atoms with Crippen molar-refractivity contribution in [1.29, 1.82) is 0 Å². The Morgan fingerprint density at radius 1 is 1.08 bits per heavy atom. The number of pyridine rings is 1. The minimum Gasteiger partial charge on any atom is -0.477 e. The van der Waals surface area contributed by atoms with Crippen LogP contribution < -0.4 is 16.2 Å². The molecular formula is C28H25F2N3O6. The number of halogens is 2. The summed E-state index contributed by atoms with van der Waals surface area (Å²) < 4.78 is 41.3. The van der Waals surface area contributed by atoms with Crippen molar-refractivity contribution in [3.63, 3.8) is 0 Å². The van der Waals surface area contributed by atoms with E-state index in [1.54, 1.807) is 29.7 Å². The molecule has 2 aromatic heterocycles. The SMILES string of the molecule is Cc1oc(=O)oc1CN1CCN(c2cc3c(cc2F)c(=O)c(C(=O)O)cn3C2CC2)CC1c1ccc(F)cc1. The molecule has 0 bridgehead atoms. The summed E-state index contributed by atoms with van der Waals surface area (Å²) in [5, 5.41) is 9.54. The van der Waals surface area contributed by atoms with Crippen LogP contribution in [-0.2, 0) is 6.54 Å². The predicted molar refractivity (Wildman–Crippen MR) is 137 cm³/mol. The molecule has 11 heteroatoms. The molecule has 1 unspecified atom stereocenters. The topological polar surface area (TPSA) is 109 Å². The lowest BCUT2D eigenvalue weighted by Gasteiger charge is -2.42. The number of nitrogens with zero attached hydrogens (tertiary/aromatic N) is 3. The highest BCUT2D eigenvalue weighted by atomic mass is 19.1. The molecule has 2 fully saturated rings. The van der Waals surface area contributed by atoms with E-state index in [1.165, 1.54) is 18.3 Å². The number of anilines is 1. The quantitative estimate of drug-likeness (QED) is 0.389. The summed E-state index contributed by atoms with van der Waals surface area (Å²) in [6, 6.07) is 8.55. The first-order valence-electron chi connectivity index (χ1n) is 12.6. The number of aryl methyl sites for hydroxylation is 1. The number of aromatic nitrogens is 1. The number of aromatic carboxylic acids is 1. The van der Waals surface area contributed by atoms with Gasteiger partial charge in [0.2, 0.25) is 5.43 Å². The Hall–Kier alpha value is -4.25. The lowest BCUT2D eigenvalue weighted by Crippen LogP contribution is -2.48. The normalized spacial score (nSPS) is 18.1. The summed E-state index contributed by atoms with van der Waals surface area (Å²) in [6.45, 7) is 3.12. The van der Waals surface area contributed by atoms with Crippen molar-refractivity contribution in [1.82, 2.24) is 9.47 Å². The van der Waals surface area contributed by atoms with Gasteiger partial charge < -0.3 is 23.4 Å². The van der Waals surface area contributed by atoms with Crippen LogP contribution in [0.15, 0.2) is 61.0 Å². The van der Waals surface area contributed by atoms with Crippen molar-refractivity contribution >= 4 is 22.6 Å². The van der Waals surface area contributed by atoms with E-state index in [0.717, 1.165) is 24.5 Å². The van der Waals surface area contributed by atoms with E-state index < -0.39 is 23.0 Å². The Balaban J connectivity index is 1.40. The fourth-order valence-corrected chi connectivity index (χ4v) is 5.34. The first kappa shape index (κ1) is 25.1. The first-order chi connectivity index (χ1) is 18.7. The van der Waals surface area contributed by atoms with E-state index in [4.69, 9.17) is 8.83 Å². The lowest BCUT2D eigenvalue weighted by molar-refractivity contribution is 0.0694. The van der Waals surface area contributed by atoms with Crippen molar-refractivity contribution in [2.75, 3.05) is 24.5 Å². The summed E-state index contributed by atoms with van der Waals surface area (Å²) >= 11 is 0. The average molecular weight is 538 g/mol. The molecule has 1 aliphatic carbocycles. The zero-order chi connectivity index (χ0) is 27.4. The monoisotopic (exact) mass is 537 g/mol. The van der Waals surface area contributed by atoms with Crippen LogP contribution in [0.2, 0.25) is 0 Å². The van der Waals surface area contributed by atoms with E-state index in [9.17, 15) is 23.9 Å². The number of carbonyl (C=O) groups is 1. The number of rotatable bonds is 6. The predicted octanol–water partition coefficient (Wildman–Crippen LogP) is 4.23. The maximum atomic E-state index is 15.6. The minimum atomic E-state index is -1.34. The summed E-state index contributed by atoms with van der Waals surface area (Å²) in [6.07, 6.45) is 3.05. The molecule has 2 aromatic carbocycles. The fourth-order valence-electron chi connectivity index (χ4n) is 5.34. The van der Waals surface area contributed by atoms with Gasteiger partial charge in [-0.2, -0.15) is 0 Å². The third kappa shape index (κ3) is 4.63. The minimum absolute atomic E-state index is 0.0298. The number of carboxylic acids is 1. The van der Waals surface area contributed by atoms with Crippen LogP contribution in [0.3, 0.4) is 0 Å². The van der Waals surface area contributed by atoms with Crippen LogP contribution >= 0.6 is 0 Å². The second-order valence-corrected chi connectivity index (χ2v) is 10.1. The molecule has 9 nitrogen and oxygen atoms in total. The molecule has 0 amide bonds. The molecule has 1 saturated heterocycles. The van der Waals surface area contributed by atoms with Crippen molar-refractivity contribution in [3.05, 3.63) is 97.7 Å². The zero-order valence-corrected chi connectivity index (χ0v) is 21.0. The number of piperazine rings is 1. The maximum Gasteiger partial charge on any atom is 0.519 e. The summed E-state index contributed by atoms with van der Waals surface area (Å²) in [4.78, 5) is 40.0. The molecule has 202 valence electrons. The van der Waals surface area contributed by atoms with Crippen molar-refractivity contribution in [2.24, 2.45) is 0 Å². The van der Waals surface area contributed by atoms with Gasteiger partial charge in [0.1, 0.15) is 23.0 Å². The Kier molecular flexibility index (Phi) is 6.10. The average Bonchev–Trinajstić information content (AvgIpc) is 3.69. The van der Waals surface area contributed by atoms with E-state index in [1.807, 2.05) is 4.90 Å². The summed E-state index contributed by atoms with van der Waals surface area (Å²) in [5.41, 5.74) is 0.475. The second-order valence-electron chi connectivity index (χ2n) is 10.1. The van der Waals surface area contributed by atoms with Gasteiger partial charge in [0.15, 0.2) is 5.76 Å². The zero-order valence-electron chi connectivity index (χ0n) is 21.0. The van der Waals surface area contributed by atoms with Crippen LogP contribution in [0.1, 0.15) is 52.4 Å². The standard InChI is InChI=1S/C28H25F2N3O6/c1-15-25(39-28(37)38-15)14-32-9-8-31(13-24(32)16-2-4-17(29)5-3-16)23-11-22-19(10-21(23)30)26(34)20(27(35)36)12-33(22)18-6-7-18/h2-5,10-12,18,24H,6-9,13-14H2,1H3,(H,35,36). The number of benzene rings is 2. The Morgan fingerprint density at radius 3 is 2.46 bits per heavy atom. The molecule has 3 heterocycles. The molecule has 1 atom stereocenters. The van der Waals surface area contributed by atoms with Crippen LogP contribution in [0.4, 0.5) is 14.5 Å². The third-order valence-electron chi connectivity index (χ3n) is 7.54. The fraction of sp³-hybridized carbons (Fsp3) is 0.321. The van der Waals surface area contributed by atoms with Crippen LogP contribution in [0.25, 0.3) is 10.9 Å². The van der Waals surface area contributed by atoms with Gasteiger partial charge in [-0.15, -0.1) is 0 Å². The molecule has 0 spiro atoms. The van der Waals surface area contributed by atoms with Gasteiger partial charge in [0, 0.05) is 37.3 Å². The highest BCUT2D eigenvalue weighted by Crippen LogP contribution is 2.39. The molecule has 1 N–H and O–H groups in total. The molecule has 1 saturated carbocycles. The van der Waals surface area contributed by atoms with Crippen molar-refractivity contribution in [3.8, 4) is 0 Å². The summed E-state index contributed by atoms with van der Waals surface area (Å²) in [5.74, 6) is -2.38. The molecule has 2 aliphatic rings. The van der Waals surface area contributed by atoms with Gasteiger partial charge in [-0.3, -0.25) is 9.69 Å². The Bertz CT molecular complexity index is 1700. The number of hydrogen-bond acceptors (Lipinski definition) is 7. The Morgan fingerprint density at radius 2 is 1.82 bits per heavy atom. The van der Waals surface area contributed by atoms with E-state index >= 15 is 4.39 Å². The number of fused-ring (bicyclic) bond motifs is 1. The number of carboxylic acid groups (broad SMARTS) is 1. The second kappa shape index (κ2) is 9.49. The largest absolute Gasteiger partial charge is 0.519 e. The van der Waals surface area contributed by atoms with Crippen LogP contribution in [0, 0.1) is 18.6 Å². The Labute approximate surface area is 220 Å². The van der Waals surface area contributed by atoms with Crippen LogP contribution in [0.5, 0.6) is 0 Å². The highest BCUT2D eigenvalue weighted by molar-refractivity contribution is 5.93. The molecule has 0 radical (unpaired) electrons. The van der Waals surface area contributed by atoms with Crippen molar-refractivity contribution in [2.45, 2.75) is 38.4 Å². The van der Waals surface area contributed by atoms with Crippen molar-refractivity contribution < 1.29 is 27.5 Å². The van der Waals surface area contributed by atoms with Gasteiger partial charge in [0.25, 0.3) is 0 Å². The van der Waals surface area contributed by atoms with Crippen LogP contribution in [-0.4, -0.2) is 40.2 Å². The molecule has 6 rings (SSSR count). The van der Waals surface area contributed by atoms with Gasteiger partial charge >= 0.3 is 11.8 Å².